The number of Topliss-reactive ketones (excluding diaryl/α,β-unsaturated/α-hetero) is 1. The molecule has 3 rings (SSSR count). The molecule has 2 aromatic rings. The third-order valence-corrected chi connectivity index (χ3v) is 4.26. The van der Waals surface area contributed by atoms with Crippen LogP contribution in [0.25, 0.3) is 0 Å². The number of hydrogen-bond donors (Lipinski definition) is 0. The molecule has 7 heteroatoms. The van der Waals surface area contributed by atoms with Gasteiger partial charge < -0.3 is 28.4 Å². The van der Waals surface area contributed by atoms with Gasteiger partial charge in [-0.1, -0.05) is 30.9 Å². The second kappa shape index (κ2) is 9.95. The van der Waals surface area contributed by atoms with Crippen LogP contribution in [0.5, 0.6) is 23.0 Å². The van der Waals surface area contributed by atoms with Crippen LogP contribution in [0.3, 0.4) is 0 Å². The van der Waals surface area contributed by atoms with E-state index in [1.807, 2.05) is 24.3 Å². The van der Waals surface area contributed by atoms with Gasteiger partial charge in [0.1, 0.15) is 41.3 Å². The first-order valence-electron chi connectivity index (χ1n) is 9.12. The number of para-hydroxylation sites is 1. The molecule has 1 unspecified atom stereocenters. The molecule has 0 bridgehead atoms. The molecule has 1 heterocycles. The van der Waals surface area contributed by atoms with Crippen molar-refractivity contribution in [3.8, 4) is 23.0 Å². The smallest absolute Gasteiger partial charge is 0.188 e. The highest BCUT2D eigenvalue weighted by Gasteiger charge is 2.33. The first-order chi connectivity index (χ1) is 14.2. The fourth-order valence-electron chi connectivity index (χ4n) is 3.05. The fraction of sp³-hybridized carbons (Fsp3) is 0.318. The Labute approximate surface area is 169 Å². The van der Waals surface area contributed by atoms with Gasteiger partial charge in [0.15, 0.2) is 19.4 Å². The van der Waals surface area contributed by atoms with Crippen molar-refractivity contribution in [2.24, 2.45) is 0 Å². The molecule has 1 aliphatic rings. The number of fused-ring (bicyclic) bond motifs is 1. The standard InChI is InChI=1S/C22H24O7/c1-4-9-26-20-10-15(27-13-24-2)11-21-22(20)17(23)12-19(29-21)16-7-5-6-8-18(16)28-14-25-3/h4-8,10-11,19H,1,9,12-14H2,2-3H3. The van der Waals surface area contributed by atoms with Crippen molar-refractivity contribution in [1.82, 2.24) is 0 Å². The molecule has 154 valence electrons. The highest BCUT2D eigenvalue weighted by Crippen LogP contribution is 2.44. The summed E-state index contributed by atoms with van der Waals surface area (Å²) in [5, 5.41) is 0. The van der Waals surface area contributed by atoms with Crippen LogP contribution in [0.1, 0.15) is 28.4 Å². The van der Waals surface area contributed by atoms with Gasteiger partial charge in [0.05, 0.1) is 6.42 Å². The Kier molecular flexibility index (Phi) is 7.10. The van der Waals surface area contributed by atoms with E-state index >= 15 is 0 Å². The molecule has 0 spiro atoms. The number of ether oxygens (including phenoxy) is 6. The zero-order valence-electron chi connectivity index (χ0n) is 16.5. The largest absolute Gasteiger partial charge is 0.488 e. The minimum absolute atomic E-state index is 0.0603. The highest BCUT2D eigenvalue weighted by atomic mass is 16.7. The van der Waals surface area contributed by atoms with Gasteiger partial charge >= 0.3 is 0 Å². The third-order valence-electron chi connectivity index (χ3n) is 4.26. The molecule has 0 aromatic heterocycles. The quantitative estimate of drug-likeness (QED) is 0.442. The Morgan fingerprint density at radius 2 is 1.83 bits per heavy atom. The monoisotopic (exact) mass is 400 g/mol. The van der Waals surface area contributed by atoms with Crippen molar-refractivity contribution >= 4 is 5.78 Å². The van der Waals surface area contributed by atoms with Gasteiger partial charge in [-0.2, -0.15) is 0 Å². The molecule has 0 radical (unpaired) electrons. The maximum Gasteiger partial charge on any atom is 0.188 e. The van der Waals surface area contributed by atoms with Crippen LogP contribution in [-0.4, -0.2) is 40.2 Å². The summed E-state index contributed by atoms with van der Waals surface area (Å²) >= 11 is 0. The van der Waals surface area contributed by atoms with E-state index in [9.17, 15) is 4.79 Å². The van der Waals surface area contributed by atoms with Crippen molar-refractivity contribution in [2.75, 3.05) is 34.4 Å². The molecule has 29 heavy (non-hydrogen) atoms. The number of rotatable bonds is 10. The zero-order valence-corrected chi connectivity index (χ0v) is 16.5. The molecule has 0 aliphatic carbocycles. The van der Waals surface area contributed by atoms with E-state index in [2.05, 4.69) is 6.58 Å². The van der Waals surface area contributed by atoms with Crippen LogP contribution in [0.4, 0.5) is 0 Å². The Balaban J connectivity index is 1.95. The summed E-state index contributed by atoms with van der Waals surface area (Å²) in [6.45, 7) is 4.06. The van der Waals surface area contributed by atoms with E-state index in [-0.39, 0.29) is 32.4 Å². The number of carbonyl (C=O) groups is 1. The summed E-state index contributed by atoms with van der Waals surface area (Å²) in [5.41, 5.74) is 1.16. The van der Waals surface area contributed by atoms with Gasteiger partial charge in [-0.25, -0.2) is 0 Å². The Hall–Kier alpha value is -3.03. The molecule has 0 amide bonds. The normalized spacial score (nSPS) is 15.2. The molecule has 0 saturated carbocycles. The minimum atomic E-state index is -0.506. The van der Waals surface area contributed by atoms with E-state index in [4.69, 9.17) is 28.4 Å². The average Bonchev–Trinajstić information content (AvgIpc) is 2.74. The molecular weight excluding hydrogens is 376 g/mol. The second-order valence-electron chi connectivity index (χ2n) is 6.27. The Morgan fingerprint density at radius 3 is 2.59 bits per heavy atom. The summed E-state index contributed by atoms with van der Waals surface area (Å²) in [4.78, 5) is 13.0. The van der Waals surface area contributed by atoms with Crippen molar-refractivity contribution in [3.05, 3.63) is 60.2 Å². The van der Waals surface area contributed by atoms with Crippen LogP contribution in [0.15, 0.2) is 49.1 Å². The van der Waals surface area contributed by atoms with Gasteiger partial charge in [-0.05, 0) is 6.07 Å². The highest BCUT2D eigenvalue weighted by molar-refractivity contribution is 6.03. The lowest BCUT2D eigenvalue weighted by Crippen LogP contribution is -2.22. The van der Waals surface area contributed by atoms with Gasteiger partial charge in [-0.3, -0.25) is 4.79 Å². The average molecular weight is 400 g/mol. The molecule has 0 N–H and O–H groups in total. The van der Waals surface area contributed by atoms with Crippen LogP contribution in [0, 0.1) is 0 Å². The van der Waals surface area contributed by atoms with Gasteiger partial charge in [0.25, 0.3) is 0 Å². The number of ketones is 1. The first-order valence-corrected chi connectivity index (χ1v) is 9.12. The van der Waals surface area contributed by atoms with Crippen molar-refractivity contribution in [3.63, 3.8) is 0 Å². The predicted octanol–water partition coefficient (Wildman–Crippen LogP) is 3.92. The molecular formula is C22H24O7. The maximum atomic E-state index is 13.0. The molecule has 2 aromatic carbocycles. The summed E-state index contributed by atoms with van der Waals surface area (Å²) in [5.74, 6) is 1.77. The van der Waals surface area contributed by atoms with Crippen molar-refractivity contribution < 1.29 is 33.2 Å². The van der Waals surface area contributed by atoms with Gasteiger partial charge in [0, 0.05) is 31.9 Å². The summed E-state index contributed by atoms with van der Waals surface area (Å²) < 4.78 is 33.0. The van der Waals surface area contributed by atoms with E-state index in [1.54, 1.807) is 25.3 Å². The Morgan fingerprint density at radius 1 is 1.07 bits per heavy atom. The van der Waals surface area contributed by atoms with Crippen LogP contribution >= 0.6 is 0 Å². The number of carbonyl (C=O) groups excluding carboxylic acids is 1. The molecule has 0 saturated heterocycles. The van der Waals surface area contributed by atoms with E-state index < -0.39 is 6.10 Å². The van der Waals surface area contributed by atoms with Crippen molar-refractivity contribution in [2.45, 2.75) is 12.5 Å². The first kappa shape index (κ1) is 20.7. The summed E-state index contributed by atoms with van der Waals surface area (Å²) in [6.07, 6.45) is 1.26. The predicted molar refractivity (Wildman–Crippen MR) is 106 cm³/mol. The number of benzene rings is 2. The van der Waals surface area contributed by atoms with Crippen LogP contribution in [-0.2, 0) is 9.47 Å². The minimum Gasteiger partial charge on any atom is -0.488 e. The molecule has 0 fully saturated rings. The van der Waals surface area contributed by atoms with E-state index in [0.717, 1.165) is 5.56 Å². The summed E-state index contributed by atoms with van der Waals surface area (Å²) in [6, 6.07) is 10.7. The fourth-order valence-corrected chi connectivity index (χ4v) is 3.05. The molecule has 1 atom stereocenters. The summed E-state index contributed by atoms with van der Waals surface area (Å²) in [7, 11) is 3.08. The van der Waals surface area contributed by atoms with Gasteiger partial charge in [-0.15, -0.1) is 0 Å². The molecule has 7 nitrogen and oxygen atoms in total. The SMILES string of the molecule is C=CCOc1cc(OCOC)cc2c1C(=O)CC(c1ccccc1OCOC)O2. The Bertz CT molecular complexity index is 862. The number of hydrogen-bond acceptors (Lipinski definition) is 7. The van der Waals surface area contributed by atoms with Crippen molar-refractivity contribution in [1.29, 1.82) is 0 Å². The van der Waals surface area contributed by atoms with Crippen LogP contribution < -0.4 is 18.9 Å². The lowest BCUT2D eigenvalue weighted by atomic mass is 9.95. The second-order valence-corrected chi connectivity index (χ2v) is 6.27. The van der Waals surface area contributed by atoms with E-state index in [1.165, 1.54) is 7.11 Å². The zero-order chi connectivity index (χ0) is 20.6. The van der Waals surface area contributed by atoms with Gasteiger partial charge in [0.2, 0.25) is 0 Å². The number of methoxy groups -OCH3 is 2. The van der Waals surface area contributed by atoms with E-state index in [0.29, 0.717) is 28.6 Å². The lowest BCUT2D eigenvalue weighted by Gasteiger charge is -2.28. The third kappa shape index (κ3) is 4.88. The maximum absolute atomic E-state index is 13.0. The topological polar surface area (TPSA) is 72.5 Å². The lowest BCUT2D eigenvalue weighted by molar-refractivity contribution is 0.0475. The molecule has 1 aliphatic heterocycles. The van der Waals surface area contributed by atoms with Crippen LogP contribution in [0.2, 0.25) is 0 Å².